The topological polar surface area (TPSA) is 43.0 Å². The van der Waals surface area contributed by atoms with E-state index in [9.17, 15) is 0 Å². The Morgan fingerprint density at radius 3 is 2.95 bits per heavy atom. The molecule has 2 rings (SSSR count). The monoisotopic (exact) mass is 266 g/mol. The number of fused-ring (bicyclic) bond motifs is 1. The lowest BCUT2D eigenvalue weighted by atomic mass is 10.2. The van der Waals surface area contributed by atoms with Crippen molar-refractivity contribution in [3.05, 3.63) is 23.8 Å². The molecule has 0 radical (unpaired) electrons. The number of nitrogens with one attached hydrogen (secondary N) is 1. The Labute approximate surface area is 114 Å². The summed E-state index contributed by atoms with van der Waals surface area (Å²) in [6.07, 6.45) is 0. The van der Waals surface area contributed by atoms with E-state index >= 15 is 0 Å². The summed E-state index contributed by atoms with van der Waals surface area (Å²) in [6, 6.07) is 6.06. The van der Waals surface area contributed by atoms with Crippen LogP contribution in [-0.2, 0) is 11.3 Å². The highest BCUT2D eigenvalue weighted by atomic mass is 16.7. The fourth-order valence-corrected chi connectivity index (χ4v) is 1.91. The summed E-state index contributed by atoms with van der Waals surface area (Å²) in [5, 5.41) is 3.42. The van der Waals surface area contributed by atoms with E-state index in [1.54, 1.807) is 7.11 Å². The third-order valence-corrected chi connectivity index (χ3v) is 3.11. The van der Waals surface area contributed by atoms with E-state index in [0.29, 0.717) is 6.79 Å². The molecule has 5 heteroatoms. The molecule has 0 bridgehead atoms. The second-order valence-electron chi connectivity index (χ2n) is 4.66. The molecule has 0 spiro atoms. The number of methoxy groups -OCH3 is 1. The number of benzene rings is 1. The van der Waals surface area contributed by atoms with Crippen molar-refractivity contribution in [2.75, 3.05) is 47.2 Å². The minimum absolute atomic E-state index is 0.330. The van der Waals surface area contributed by atoms with Crippen LogP contribution in [-0.4, -0.2) is 52.1 Å². The number of hydrogen-bond acceptors (Lipinski definition) is 5. The second-order valence-corrected chi connectivity index (χ2v) is 4.66. The minimum atomic E-state index is 0.330. The average molecular weight is 266 g/mol. The maximum Gasteiger partial charge on any atom is 0.231 e. The summed E-state index contributed by atoms with van der Waals surface area (Å²) >= 11 is 0. The molecule has 0 saturated carbocycles. The van der Waals surface area contributed by atoms with E-state index in [1.165, 1.54) is 5.56 Å². The highest BCUT2D eigenvalue weighted by Crippen LogP contribution is 2.32. The summed E-state index contributed by atoms with van der Waals surface area (Å²) in [5.41, 5.74) is 1.21. The van der Waals surface area contributed by atoms with Crippen molar-refractivity contribution in [2.45, 2.75) is 6.54 Å². The van der Waals surface area contributed by atoms with E-state index in [4.69, 9.17) is 14.2 Å². The molecule has 0 aromatic heterocycles. The molecule has 0 aliphatic carbocycles. The predicted molar refractivity (Wildman–Crippen MR) is 73.6 cm³/mol. The van der Waals surface area contributed by atoms with Gasteiger partial charge in [-0.2, -0.15) is 0 Å². The van der Waals surface area contributed by atoms with Crippen LogP contribution < -0.4 is 14.8 Å². The summed E-state index contributed by atoms with van der Waals surface area (Å²) in [4.78, 5) is 2.25. The predicted octanol–water partition coefficient (Wildman–Crippen LogP) is 1.08. The largest absolute Gasteiger partial charge is 0.454 e. The fraction of sp³-hybridized carbons (Fsp3) is 0.571. The molecule has 0 unspecified atom stereocenters. The lowest BCUT2D eigenvalue weighted by Crippen LogP contribution is -2.31. The highest BCUT2D eigenvalue weighted by molar-refractivity contribution is 5.44. The van der Waals surface area contributed by atoms with Crippen LogP contribution >= 0.6 is 0 Å². The Balaban J connectivity index is 1.66. The van der Waals surface area contributed by atoms with E-state index in [-0.39, 0.29) is 0 Å². The molecule has 0 amide bonds. The van der Waals surface area contributed by atoms with Crippen LogP contribution in [0.3, 0.4) is 0 Å². The molecule has 1 aliphatic rings. The normalized spacial score (nSPS) is 13.2. The molecule has 5 nitrogen and oxygen atoms in total. The molecule has 1 N–H and O–H groups in total. The standard InChI is InChI=1S/C14H22N2O3/c1-16(7-8-17-2)6-5-15-10-12-3-4-13-14(9-12)19-11-18-13/h3-4,9,15H,5-8,10-11H2,1-2H3. The molecule has 106 valence electrons. The zero-order valence-corrected chi connectivity index (χ0v) is 11.6. The SMILES string of the molecule is COCCN(C)CCNCc1ccc2c(c1)OCO2. The number of likely N-dealkylation sites (N-methyl/N-ethyl adjacent to an activating group) is 1. The maximum atomic E-state index is 5.36. The number of rotatable bonds is 8. The molecular formula is C14H22N2O3. The van der Waals surface area contributed by atoms with E-state index in [0.717, 1.165) is 44.3 Å². The molecular weight excluding hydrogens is 244 g/mol. The maximum absolute atomic E-state index is 5.36. The summed E-state index contributed by atoms with van der Waals surface area (Å²) in [5.74, 6) is 1.68. The van der Waals surface area contributed by atoms with Gasteiger partial charge in [-0.05, 0) is 24.7 Å². The quantitative estimate of drug-likeness (QED) is 0.713. The van der Waals surface area contributed by atoms with Gasteiger partial charge in [0.1, 0.15) is 0 Å². The van der Waals surface area contributed by atoms with Gasteiger partial charge >= 0.3 is 0 Å². The van der Waals surface area contributed by atoms with E-state index < -0.39 is 0 Å². The summed E-state index contributed by atoms with van der Waals surface area (Å²) < 4.78 is 15.7. The van der Waals surface area contributed by atoms with Gasteiger partial charge in [0, 0.05) is 33.3 Å². The molecule has 0 atom stereocenters. The highest BCUT2D eigenvalue weighted by Gasteiger charge is 2.12. The van der Waals surface area contributed by atoms with Gasteiger partial charge in [0.25, 0.3) is 0 Å². The van der Waals surface area contributed by atoms with Crippen molar-refractivity contribution >= 4 is 0 Å². The molecule has 1 aromatic carbocycles. The van der Waals surface area contributed by atoms with Gasteiger partial charge in [0.05, 0.1) is 6.61 Å². The zero-order chi connectivity index (χ0) is 13.5. The van der Waals surface area contributed by atoms with Crippen molar-refractivity contribution in [1.29, 1.82) is 0 Å². The Hall–Kier alpha value is -1.30. The van der Waals surface area contributed by atoms with Crippen LogP contribution in [0.15, 0.2) is 18.2 Å². The first-order chi connectivity index (χ1) is 9.29. The first kappa shape index (κ1) is 14.1. The fourth-order valence-electron chi connectivity index (χ4n) is 1.91. The van der Waals surface area contributed by atoms with Crippen LogP contribution in [0.5, 0.6) is 11.5 Å². The molecule has 0 fully saturated rings. The van der Waals surface area contributed by atoms with Crippen molar-refractivity contribution in [2.24, 2.45) is 0 Å². The van der Waals surface area contributed by atoms with Crippen molar-refractivity contribution in [1.82, 2.24) is 10.2 Å². The van der Waals surface area contributed by atoms with Gasteiger partial charge in [-0.25, -0.2) is 0 Å². The minimum Gasteiger partial charge on any atom is -0.454 e. The van der Waals surface area contributed by atoms with E-state index in [1.807, 2.05) is 12.1 Å². The summed E-state index contributed by atoms with van der Waals surface area (Å²) in [7, 11) is 3.83. The van der Waals surface area contributed by atoms with Gasteiger partial charge in [-0.1, -0.05) is 6.07 Å². The first-order valence-corrected chi connectivity index (χ1v) is 6.56. The third kappa shape index (κ3) is 4.38. The molecule has 19 heavy (non-hydrogen) atoms. The molecule has 1 aliphatic heterocycles. The Bertz CT molecular complexity index is 398. The van der Waals surface area contributed by atoms with E-state index in [2.05, 4.69) is 23.3 Å². The number of nitrogens with zero attached hydrogens (tertiary/aromatic N) is 1. The van der Waals surface area contributed by atoms with Crippen molar-refractivity contribution < 1.29 is 14.2 Å². The van der Waals surface area contributed by atoms with Crippen LogP contribution in [0.25, 0.3) is 0 Å². The van der Waals surface area contributed by atoms with Crippen molar-refractivity contribution in [3.63, 3.8) is 0 Å². The van der Waals surface area contributed by atoms with Crippen LogP contribution in [0.1, 0.15) is 5.56 Å². The van der Waals surface area contributed by atoms with Gasteiger partial charge in [-0.3, -0.25) is 0 Å². The smallest absolute Gasteiger partial charge is 0.231 e. The van der Waals surface area contributed by atoms with Gasteiger partial charge in [-0.15, -0.1) is 0 Å². The summed E-state index contributed by atoms with van der Waals surface area (Å²) in [6.45, 7) is 4.87. The van der Waals surface area contributed by atoms with Gasteiger partial charge in [0.2, 0.25) is 6.79 Å². The molecule has 0 saturated heterocycles. The first-order valence-electron chi connectivity index (χ1n) is 6.56. The number of ether oxygens (including phenoxy) is 3. The third-order valence-electron chi connectivity index (χ3n) is 3.11. The lowest BCUT2D eigenvalue weighted by molar-refractivity contribution is 0.161. The Morgan fingerprint density at radius 1 is 1.26 bits per heavy atom. The van der Waals surface area contributed by atoms with Gasteiger partial charge < -0.3 is 24.4 Å². The van der Waals surface area contributed by atoms with Gasteiger partial charge in [0.15, 0.2) is 11.5 Å². The molecule has 1 aromatic rings. The van der Waals surface area contributed by atoms with Crippen LogP contribution in [0.4, 0.5) is 0 Å². The number of hydrogen-bond donors (Lipinski definition) is 1. The van der Waals surface area contributed by atoms with Crippen LogP contribution in [0.2, 0.25) is 0 Å². The average Bonchev–Trinajstić information content (AvgIpc) is 2.88. The Kier molecular flexibility index (Phi) is 5.44. The van der Waals surface area contributed by atoms with Crippen molar-refractivity contribution in [3.8, 4) is 11.5 Å². The zero-order valence-electron chi connectivity index (χ0n) is 11.6. The Morgan fingerprint density at radius 2 is 2.11 bits per heavy atom. The van der Waals surface area contributed by atoms with Crippen LogP contribution in [0, 0.1) is 0 Å². The lowest BCUT2D eigenvalue weighted by Gasteiger charge is -2.16. The molecule has 1 heterocycles. The second kappa shape index (κ2) is 7.33.